The molecule has 3 rings (SSSR count). The summed E-state index contributed by atoms with van der Waals surface area (Å²) in [6, 6.07) is 8.79. The van der Waals surface area contributed by atoms with Crippen LogP contribution in [-0.2, 0) is 7.05 Å². The first-order valence-corrected chi connectivity index (χ1v) is 8.16. The highest BCUT2D eigenvalue weighted by atomic mass is 15.4. The average Bonchev–Trinajstić information content (AvgIpc) is 2.85. The summed E-state index contributed by atoms with van der Waals surface area (Å²) in [5.41, 5.74) is 7.88. The topological polar surface area (TPSA) is 10.4 Å². The van der Waals surface area contributed by atoms with Crippen LogP contribution in [0, 0.1) is 20.8 Å². The van der Waals surface area contributed by atoms with Crippen molar-refractivity contribution in [3.8, 4) is 11.3 Å². The molecule has 0 saturated carbocycles. The molecule has 3 heteroatoms. The summed E-state index contributed by atoms with van der Waals surface area (Å²) in [5, 5.41) is 0. The van der Waals surface area contributed by atoms with E-state index in [1.54, 1.807) is 0 Å². The van der Waals surface area contributed by atoms with Gasteiger partial charge in [-0.15, -0.1) is 0 Å². The van der Waals surface area contributed by atoms with Crippen molar-refractivity contribution < 1.29 is 4.57 Å². The van der Waals surface area contributed by atoms with Gasteiger partial charge in [-0.2, -0.15) is 0 Å². The highest BCUT2D eigenvalue weighted by molar-refractivity contribution is 5.73. The van der Waals surface area contributed by atoms with Crippen LogP contribution < -0.4 is 9.47 Å². The fourth-order valence-electron chi connectivity index (χ4n) is 3.33. The number of aryl methyl sites for hydroxylation is 2. The smallest absolute Gasteiger partial charge is 0.215 e. The SMILES string of the molecule is Cc1cc[n+](C)c(-c2cccc(N3C=CN(C)[C@H]3C)c2C)c1C. The van der Waals surface area contributed by atoms with E-state index in [9.17, 15) is 0 Å². The zero-order chi connectivity index (χ0) is 16.7. The molecular formula is C20H26N3+. The van der Waals surface area contributed by atoms with Crippen molar-refractivity contribution in [2.24, 2.45) is 7.05 Å². The third-order valence-electron chi connectivity index (χ3n) is 5.14. The molecule has 120 valence electrons. The van der Waals surface area contributed by atoms with Crippen LogP contribution >= 0.6 is 0 Å². The molecule has 0 amide bonds. The fourth-order valence-corrected chi connectivity index (χ4v) is 3.33. The Morgan fingerprint density at radius 2 is 1.74 bits per heavy atom. The summed E-state index contributed by atoms with van der Waals surface area (Å²) in [5.74, 6) is 0. The van der Waals surface area contributed by atoms with Crippen LogP contribution in [0.25, 0.3) is 11.3 Å². The standard InChI is InChI=1S/C20H26N3/c1-14-10-11-22(6)20(15(14)2)18-8-7-9-19(16(18)3)23-13-12-21(5)17(23)4/h7-13,17H,1-6H3/q+1/t17-/m1/s1. The molecule has 1 aromatic heterocycles. The quantitative estimate of drug-likeness (QED) is 0.784. The van der Waals surface area contributed by atoms with Crippen molar-refractivity contribution in [1.82, 2.24) is 4.90 Å². The molecule has 1 atom stereocenters. The van der Waals surface area contributed by atoms with Crippen LogP contribution in [0.4, 0.5) is 5.69 Å². The first-order valence-electron chi connectivity index (χ1n) is 8.16. The average molecular weight is 308 g/mol. The fraction of sp³-hybridized carbons (Fsp3) is 0.350. The number of aromatic nitrogens is 1. The third-order valence-corrected chi connectivity index (χ3v) is 5.14. The maximum absolute atomic E-state index is 2.34. The molecule has 1 aromatic carbocycles. The van der Waals surface area contributed by atoms with Crippen molar-refractivity contribution in [2.75, 3.05) is 11.9 Å². The summed E-state index contributed by atoms with van der Waals surface area (Å²) in [6.45, 7) is 8.84. The van der Waals surface area contributed by atoms with Gasteiger partial charge in [-0.1, -0.05) is 6.07 Å². The Bertz CT molecular complexity index is 777. The predicted molar refractivity (Wildman–Crippen MR) is 96.1 cm³/mol. The Morgan fingerprint density at radius 3 is 2.39 bits per heavy atom. The summed E-state index contributed by atoms with van der Waals surface area (Å²) in [4.78, 5) is 4.56. The summed E-state index contributed by atoms with van der Waals surface area (Å²) in [7, 11) is 4.24. The van der Waals surface area contributed by atoms with Gasteiger partial charge in [-0.3, -0.25) is 0 Å². The lowest BCUT2D eigenvalue weighted by Crippen LogP contribution is -2.34. The van der Waals surface area contributed by atoms with E-state index in [1.165, 1.54) is 33.6 Å². The number of hydrogen-bond acceptors (Lipinski definition) is 2. The molecule has 1 aliphatic rings. The van der Waals surface area contributed by atoms with Gasteiger partial charge >= 0.3 is 0 Å². The maximum Gasteiger partial charge on any atom is 0.215 e. The molecule has 0 radical (unpaired) electrons. The summed E-state index contributed by atoms with van der Waals surface area (Å²) < 4.78 is 2.23. The van der Waals surface area contributed by atoms with E-state index in [-0.39, 0.29) is 0 Å². The third kappa shape index (κ3) is 2.50. The minimum Gasteiger partial charge on any atom is -0.359 e. The normalized spacial score (nSPS) is 17.2. The van der Waals surface area contributed by atoms with E-state index in [4.69, 9.17) is 0 Å². The maximum atomic E-state index is 2.34. The molecule has 0 unspecified atom stereocenters. The lowest BCUT2D eigenvalue weighted by Gasteiger charge is -2.28. The van der Waals surface area contributed by atoms with Crippen LogP contribution in [-0.4, -0.2) is 18.1 Å². The number of nitrogens with zero attached hydrogens (tertiary/aromatic N) is 3. The molecule has 2 heterocycles. The van der Waals surface area contributed by atoms with E-state index >= 15 is 0 Å². The van der Waals surface area contributed by atoms with Crippen LogP contribution in [0.3, 0.4) is 0 Å². The monoisotopic (exact) mass is 308 g/mol. The second-order valence-electron chi connectivity index (χ2n) is 6.54. The molecular weight excluding hydrogens is 282 g/mol. The van der Waals surface area contributed by atoms with Gasteiger partial charge in [0.15, 0.2) is 6.20 Å². The highest BCUT2D eigenvalue weighted by Crippen LogP contribution is 2.34. The molecule has 0 fully saturated rings. The molecule has 0 saturated heterocycles. The Hall–Kier alpha value is -2.29. The Kier molecular flexibility index (Phi) is 3.88. The number of anilines is 1. The van der Waals surface area contributed by atoms with Crippen molar-refractivity contribution >= 4 is 5.69 Å². The molecule has 23 heavy (non-hydrogen) atoms. The second-order valence-corrected chi connectivity index (χ2v) is 6.54. The number of rotatable bonds is 2. The van der Waals surface area contributed by atoms with Crippen LogP contribution in [0.1, 0.15) is 23.6 Å². The van der Waals surface area contributed by atoms with E-state index in [0.29, 0.717) is 6.17 Å². The number of hydrogen-bond donors (Lipinski definition) is 0. The van der Waals surface area contributed by atoms with Gasteiger partial charge in [0.2, 0.25) is 5.69 Å². The molecule has 0 N–H and O–H groups in total. The molecule has 3 nitrogen and oxygen atoms in total. The summed E-state index contributed by atoms with van der Waals surface area (Å²) >= 11 is 0. The summed E-state index contributed by atoms with van der Waals surface area (Å²) in [6.07, 6.45) is 6.79. The van der Waals surface area contributed by atoms with Gasteiger partial charge in [0.1, 0.15) is 13.2 Å². The van der Waals surface area contributed by atoms with Crippen molar-refractivity contribution in [3.05, 3.63) is 59.6 Å². The van der Waals surface area contributed by atoms with Gasteiger partial charge in [0.05, 0.1) is 5.56 Å². The van der Waals surface area contributed by atoms with E-state index in [0.717, 1.165) is 0 Å². The molecule has 0 spiro atoms. The lowest BCUT2D eigenvalue weighted by atomic mass is 9.97. The van der Waals surface area contributed by atoms with Gasteiger partial charge < -0.3 is 9.80 Å². The van der Waals surface area contributed by atoms with E-state index in [1.807, 2.05) is 0 Å². The minimum absolute atomic E-state index is 0.344. The second kappa shape index (κ2) is 5.73. The van der Waals surface area contributed by atoms with Gasteiger partial charge in [-0.05, 0) is 51.0 Å². The van der Waals surface area contributed by atoms with Crippen molar-refractivity contribution in [2.45, 2.75) is 33.9 Å². The van der Waals surface area contributed by atoms with Gasteiger partial charge in [-0.25, -0.2) is 4.57 Å². The molecule has 2 aromatic rings. The van der Waals surface area contributed by atoms with Crippen molar-refractivity contribution in [3.63, 3.8) is 0 Å². The van der Waals surface area contributed by atoms with E-state index < -0.39 is 0 Å². The highest BCUT2D eigenvalue weighted by Gasteiger charge is 2.24. The van der Waals surface area contributed by atoms with Crippen LogP contribution in [0.15, 0.2) is 42.9 Å². The zero-order valence-electron chi connectivity index (χ0n) is 15.0. The molecule has 0 aliphatic carbocycles. The van der Waals surface area contributed by atoms with Crippen LogP contribution in [0.2, 0.25) is 0 Å². The van der Waals surface area contributed by atoms with Gasteiger partial charge in [0, 0.05) is 36.8 Å². The number of benzene rings is 1. The number of pyridine rings is 1. The largest absolute Gasteiger partial charge is 0.359 e. The predicted octanol–water partition coefficient (Wildman–Crippen LogP) is 3.67. The first kappa shape index (κ1) is 15.6. The Balaban J connectivity index is 2.16. The van der Waals surface area contributed by atoms with Gasteiger partial charge in [0.25, 0.3) is 0 Å². The van der Waals surface area contributed by atoms with E-state index in [2.05, 4.69) is 99.0 Å². The Morgan fingerprint density at radius 1 is 1.00 bits per heavy atom. The molecule has 0 bridgehead atoms. The first-order chi connectivity index (χ1) is 10.9. The molecule has 1 aliphatic heterocycles. The Labute approximate surface area is 139 Å². The van der Waals surface area contributed by atoms with Crippen molar-refractivity contribution in [1.29, 1.82) is 0 Å². The lowest BCUT2D eigenvalue weighted by molar-refractivity contribution is -0.660. The zero-order valence-corrected chi connectivity index (χ0v) is 15.0. The minimum atomic E-state index is 0.344. The van der Waals surface area contributed by atoms with Crippen LogP contribution in [0.5, 0.6) is 0 Å².